The van der Waals surface area contributed by atoms with Gasteiger partial charge in [-0.05, 0) is 45.6 Å². The van der Waals surface area contributed by atoms with Gasteiger partial charge in [-0.2, -0.15) is 0 Å². The van der Waals surface area contributed by atoms with Gasteiger partial charge in [0.15, 0.2) is 0 Å². The largest absolute Gasteiger partial charge is 0.481 e. The lowest BCUT2D eigenvalue weighted by molar-refractivity contribution is -0.137. The molecule has 0 aliphatic carbocycles. The molecule has 0 aromatic carbocycles. The van der Waals surface area contributed by atoms with E-state index < -0.39 is 17.9 Å². The molecular formula is C16H32N4O4. The number of carboxylic acid groups (broad SMARTS) is 1. The van der Waals surface area contributed by atoms with Gasteiger partial charge in [0.25, 0.3) is 0 Å². The van der Waals surface area contributed by atoms with E-state index in [1.54, 1.807) is 0 Å². The van der Waals surface area contributed by atoms with Gasteiger partial charge in [-0.15, -0.1) is 0 Å². The average molecular weight is 344 g/mol. The minimum Gasteiger partial charge on any atom is -0.481 e. The topological polar surface area (TPSA) is 148 Å². The third kappa shape index (κ3) is 11.8. The van der Waals surface area contributed by atoms with Crippen LogP contribution in [-0.2, 0) is 14.4 Å². The highest BCUT2D eigenvalue weighted by Gasteiger charge is 2.14. The highest BCUT2D eigenvalue weighted by molar-refractivity contribution is 5.81. The summed E-state index contributed by atoms with van der Waals surface area (Å²) in [6, 6.07) is -0.407. The van der Waals surface area contributed by atoms with Crippen LogP contribution in [0, 0.1) is 0 Å². The first-order valence-electron chi connectivity index (χ1n) is 8.58. The number of aliphatic carboxylic acids is 1. The number of nitrogens with one attached hydrogen (secondary N) is 2. The van der Waals surface area contributed by atoms with Gasteiger partial charge in [0, 0.05) is 18.5 Å². The first-order valence-corrected chi connectivity index (χ1v) is 8.58. The van der Waals surface area contributed by atoms with Gasteiger partial charge in [0.1, 0.15) is 6.04 Å². The summed E-state index contributed by atoms with van der Waals surface area (Å²) in [6.45, 7) is 2.72. The van der Waals surface area contributed by atoms with Crippen molar-refractivity contribution in [2.45, 2.75) is 76.4 Å². The molecule has 24 heavy (non-hydrogen) atoms. The summed E-state index contributed by atoms with van der Waals surface area (Å²) in [5.74, 6) is -1.28. The number of unbranched alkanes of at least 4 members (excludes halogenated alkanes) is 3. The number of hydrogen-bond acceptors (Lipinski definition) is 5. The number of carboxylic acids is 1. The summed E-state index contributed by atoms with van der Waals surface area (Å²) in [6.07, 6.45) is 6.28. The molecule has 7 N–H and O–H groups in total. The van der Waals surface area contributed by atoms with Crippen LogP contribution in [0.3, 0.4) is 0 Å². The van der Waals surface area contributed by atoms with Crippen molar-refractivity contribution >= 4 is 18.3 Å². The molecule has 0 radical (unpaired) electrons. The Morgan fingerprint density at radius 3 is 2.33 bits per heavy atom. The lowest BCUT2D eigenvalue weighted by atomic mass is 10.0. The maximum Gasteiger partial charge on any atom is 0.303 e. The van der Waals surface area contributed by atoms with Crippen molar-refractivity contribution in [3.63, 3.8) is 0 Å². The molecule has 0 saturated carbocycles. The van der Waals surface area contributed by atoms with Crippen LogP contribution >= 0.6 is 0 Å². The van der Waals surface area contributed by atoms with Crippen molar-refractivity contribution < 1.29 is 19.5 Å². The van der Waals surface area contributed by atoms with Crippen molar-refractivity contribution in [1.82, 2.24) is 10.6 Å². The van der Waals surface area contributed by atoms with Crippen LogP contribution in [0.2, 0.25) is 0 Å². The molecule has 0 heterocycles. The van der Waals surface area contributed by atoms with Crippen LogP contribution in [0.5, 0.6) is 0 Å². The van der Waals surface area contributed by atoms with E-state index in [9.17, 15) is 14.4 Å². The maximum atomic E-state index is 11.1. The van der Waals surface area contributed by atoms with Gasteiger partial charge < -0.3 is 27.2 Å². The van der Waals surface area contributed by atoms with Gasteiger partial charge in [-0.25, -0.2) is 0 Å². The van der Waals surface area contributed by atoms with E-state index in [1.807, 2.05) is 6.92 Å². The van der Waals surface area contributed by atoms with Gasteiger partial charge in [0.2, 0.25) is 12.3 Å². The minimum absolute atomic E-state index is 0.0135. The van der Waals surface area contributed by atoms with Crippen LogP contribution in [0.1, 0.15) is 58.3 Å². The van der Waals surface area contributed by atoms with E-state index >= 15 is 0 Å². The van der Waals surface area contributed by atoms with Crippen LogP contribution < -0.4 is 22.1 Å². The summed E-state index contributed by atoms with van der Waals surface area (Å²) in [7, 11) is 0. The van der Waals surface area contributed by atoms with Gasteiger partial charge >= 0.3 is 5.97 Å². The van der Waals surface area contributed by atoms with Crippen molar-refractivity contribution in [1.29, 1.82) is 0 Å². The lowest BCUT2D eigenvalue weighted by Crippen LogP contribution is -2.44. The molecule has 0 unspecified atom stereocenters. The summed E-state index contributed by atoms with van der Waals surface area (Å²) in [5, 5.41) is 14.4. The molecule has 8 nitrogen and oxygen atoms in total. The highest BCUT2D eigenvalue weighted by Crippen LogP contribution is 2.08. The Morgan fingerprint density at radius 2 is 1.79 bits per heavy atom. The van der Waals surface area contributed by atoms with Crippen molar-refractivity contribution in [3.05, 3.63) is 0 Å². The molecule has 0 aliphatic rings. The van der Waals surface area contributed by atoms with Crippen molar-refractivity contribution in [2.24, 2.45) is 11.5 Å². The lowest BCUT2D eigenvalue weighted by Gasteiger charge is -2.22. The number of carbonyl (C=O) groups is 3. The summed E-state index contributed by atoms with van der Waals surface area (Å²) in [4.78, 5) is 31.9. The monoisotopic (exact) mass is 344 g/mol. The highest BCUT2D eigenvalue weighted by atomic mass is 16.4. The first kappa shape index (κ1) is 22.3. The zero-order chi connectivity index (χ0) is 18.4. The Hall–Kier alpha value is -1.67. The third-order valence-corrected chi connectivity index (χ3v) is 3.98. The molecule has 0 rings (SSSR count). The summed E-state index contributed by atoms with van der Waals surface area (Å²) in [5.41, 5.74) is 11.2. The fraction of sp³-hybridized carbons (Fsp3) is 0.812. The number of hydrogen-bond donors (Lipinski definition) is 5. The van der Waals surface area contributed by atoms with E-state index in [2.05, 4.69) is 10.6 Å². The fourth-order valence-electron chi connectivity index (χ4n) is 2.52. The van der Waals surface area contributed by atoms with Crippen molar-refractivity contribution in [3.8, 4) is 0 Å². The Balaban J connectivity index is 3.86. The van der Waals surface area contributed by atoms with E-state index in [4.69, 9.17) is 16.6 Å². The second kappa shape index (κ2) is 13.7. The molecule has 0 saturated heterocycles. The zero-order valence-corrected chi connectivity index (χ0v) is 14.5. The van der Waals surface area contributed by atoms with Crippen molar-refractivity contribution in [2.75, 3.05) is 6.54 Å². The SMILES string of the molecule is C[C@H](N)[C@@H](CCCCCC(=O)O)NCCCC[C@H](NC=O)C(N)=O. The van der Waals surface area contributed by atoms with Gasteiger partial charge in [-0.3, -0.25) is 14.4 Å². The van der Waals surface area contributed by atoms with E-state index in [0.29, 0.717) is 19.3 Å². The minimum atomic E-state index is -0.754. The van der Waals surface area contributed by atoms with Crippen LogP contribution in [0.15, 0.2) is 0 Å². The normalized spacial score (nSPS) is 14.6. The smallest absolute Gasteiger partial charge is 0.303 e. The Labute approximate surface area is 143 Å². The first-order chi connectivity index (χ1) is 11.4. The van der Waals surface area contributed by atoms with Gasteiger partial charge in [0.05, 0.1) is 0 Å². The molecule has 0 aliphatic heterocycles. The second-order valence-electron chi connectivity index (χ2n) is 6.15. The summed E-state index contributed by atoms with van der Waals surface area (Å²) >= 11 is 0. The Morgan fingerprint density at radius 1 is 1.12 bits per heavy atom. The quantitative estimate of drug-likeness (QED) is 0.198. The van der Waals surface area contributed by atoms with Crippen LogP contribution in [0.25, 0.3) is 0 Å². The number of amides is 2. The third-order valence-electron chi connectivity index (χ3n) is 3.98. The number of carbonyl (C=O) groups excluding carboxylic acids is 2. The van der Waals surface area contributed by atoms with Crippen LogP contribution in [0.4, 0.5) is 0 Å². The molecule has 2 amide bonds. The molecule has 3 atom stereocenters. The molecule has 0 aromatic rings. The molecule has 140 valence electrons. The molecule has 0 bridgehead atoms. The number of nitrogens with two attached hydrogens (primary N) is 2. The Bertz CT molecular complexity index is 377. The zero-order valence-electron chi connectivity index (χ0n) is 14.5. The Kier molecular flexibility index (Phi) is 12.8. The predicted octanol–water partition coefficient (Wildman–Crippen LogP) is 0.0971. The molecule has 0 fully saturated rings. The molecule has 0 spiro atoms. The van der Waals surface area contributed by atoms with Crippen LogP contribution in [-0.4, -0.2) is 48.1 Å². The predicted molar refractivity (Wildman–Crippen MR) is 92.2 cm³/mol. The number of primary amides is 1. The number of rotatable bonds is 16. The average Bonchev–Trinajstić information content (AvgIpc) is 2.50. The standard InChI is InChI=1S/C16H32N4O4/c1-12(17)13(7-3-2-4-9-15(22)23)19-10-6-5-8-14(16(18)24)20-11-21/h11-14,19H,2-10,17H2,1H3,(H2,18,24)(H,20,21)(H,22,23)/t12-,13+,14-/m0/s1. The van der Waals surface area contributed by atoms with E-state index in [-0.39, 0.29) is 18.5 Å². The molecule has 0 aromatic heterocycles. The van der Waals surface area contributed by atoms with E-state index in [1.165, 1.54) is 0 Å². The second-order valence-corrected chi connectivity index (χ2v) is 6.15. The van der Waals surface area contributed by atoms with Gasteiger partial charge in [-0.1, -0.05) is 12.8 Å². The van der Waals surface area contributed by atoms with E-state index in [0.717, 1.165) is 38.6 Å². The molecule has 8 heteroatoms. The maximum absolute atomic E-state index is 11.1. The molecular weight excluding hydrogens is 312 g/mol. The fourth-order valence-corrected chi connectivity index (χ4v) is 2.52. The summed E-state index contributed by atoms with van der Waals surface area (Å²) < 4.78 is 0.